The Bertz CT molecular complexity index is 657. The van der Waals surface area contributed by atoms with E-state index in [1.54, 1.807) is 36.4 Å². The van der Waals surface area contributed by atoms with Crippen molar-refractivity contribution in [2.24, 2.45) is 0 Å². The molecule has 2 amide bonds. The maximum absolute atomic E-state index is 11.9. The highest BCUT2D eigenvalue weighted by atomic mass is 79.9. The number of benzene rings is 1. The molecule has 1 heterocycles. The highest BCUT2D eigenvalue weighted by Gasteiger charge is 2.11. The normalized spacial score (nSPS) is 10.2. The first-order valence-corrected chi connectivity index (χ1v) is 7.31. The summed E-state index contributed by atoms with van der Waals surface area (Å²) in [6.07, 6.45) is 0. The monoisotopic (exact) mass is 370 g/mol. The zero-order chi connectivity index (χ0) is 15.2. The van der Waals surface area contributed by atoms with Gasteiger partial charge in [-0.3, -0.25) is 9.59 Å². The molecule has 2 N–H and O–H groups in total. The van der Waals surface area contributed by atoms with Gasteiger partial charge in [0.25, 0.3) is 11.8 Å². The summed E-state index contributed by atoms with van der Waals surface area (Å²) < 4.78 is 5.59. The third-order valence-electron chi connectivity index (χ3n) is 2.61. The van der Waals surface area contributed by atoms with Crippen molar-refractivity contribution in [3.05, 3.63) is 57.4 Å². The zero-order valence-electron chi connectivity index (χ0n) is 10.9. The quantitative estimate of drug-likeness (QED) is 0.794. The van der Waals surface area contributed by atoms with E-state index in [1.165, 1.54) is 0 Å². The van der Waals surface area contributed by atoms with E-state index in [2.05, 4.69) is 26.6 Å². The Hall–Kier alpha value is -1.79. The SMILES string of the molecule is O=C(NCCNC(=O)c1ccccc1Cl)c1ccc(Br)o1. The van der Waals surface area contributed by atoms with Crippen LogP contribution < -0.4 is 10.6 Å². The van der Waals surface area contributed by atoms with Crippen molar-refractivity contribution < 1.29 is 14.0 Å². The van der Waals surface area contributed by atoms with Gasteiger partial charge in [0, 0.05) is 13.1 Å². The molecule has 5 nitrogen and oxygen atoms in total. The zero-order valence-corrected chi connectivity index (χ0v) is 13.2. The molecule has 2 aromatic rings. The van der Waals surface area contributed by atoms with E-state index in [4.69, 9.17) is 16.0 Å². The Morgan fingerprint density at radius 2 is 1.71 bits per heavy atom. The van der Waals surface area contributed by atoms with Gasteiger partial charge >= 0.3 is 0 Å². The molecule has 0 unspecified atom stereocenters. The van der Waals surface area contributed by atoms with Crippen LogP contribution in [0.25, 0.3) is 0 Å². The summed E-state index contributed by atoms with van der Waals surface area (Å²) in [5, 5.41) is 5.69. The van der Waals surface area contributed by atoms with Crippen LogP contribution in [0.2, 0.25) is 5.02 Å². The van der Waals surface area contributed by atoms with E-state index >= 15 is 0 Å². The Balaban J connectivity index is 1.76. The number of amides is 2. The molecule has 0 atom stereocenters. The van der Waals surface area contributed by atoms with Crippen LogP contribution >= 0.6 is 27.5 Å². The molecule has 0 saturated carbocycles. The van der Waals surface area contributed by atoms with Crippen LogP contribution in [0.5, 0.6) is 0 Å². The Labute approximate surface area is 134 Å². The summed E-state index contributed by atoms with van der Waals surface area (Å²) in [7, 11) is 0. The molecule has 1 aromatic heterocycles. The lowest BCUT2D eigenvalue weighted by atomic mass is 10.2. The van der Waals surface area contributed by atoms with Crippen molar-refractivity contribution in [2.45, 2.75) is 0 Å². The van der Waals surface area contributed by atoms with Gasteiger partial charge < -0.3 is 15.1 Å². The average molecular weight is 372 g/mol. The smallest absolute Gasteiger partial charge is 0.287 e. The number of rotatable bonds is 5. The molecule has 0 aliphatic carbocycles. The van der Waals surface area contributed by atoms with Gasteiger partial charge in [-0.2, -0.15) is 0 Å². The van der Waals surface area contributed by atoms with Crippen LogP contribution in [0, 0.1) is 0 Å². The minimum atomic E-state index is -0.340. The summed E-state index contributed by atoms with van der Waals surface area (Å²) in [5.41, 5.74) is 0.403. The molecule has 0 spiro atoms. The number of carbonyl (C=O) groups is 2. The van der Waals surface area contributed by atoms with Gasteiger partial charge in [0.1, 0.15) is 0 Å². The predicted octanol–water partition coefficient (Wildman–Crippen LogP) is 2.86. The lowest BCUT2D eigenvalue weighted by molar-refractivity contribution is 0.0909. The van der Waals surface area contributed by atoms with Crippen LogP contribution in [0.4, 0.5) is 0 Å². The van der Waals surface area contributed by atoms with Gasteiger partial charge in [-0.05, 0) is 40.2 Å². The molecule has 0 saturated heterocycles. The van der Waals surface area contributed by atoms with Crippen molar-refractivity contribution in [2.75, 3.05) is 13.1 Å². The Morgan fingerprint density at radius 3 is 2.33 bits per heavy atom. The molecule has 7 heteroatoms. The van der Waals surface area contributed by atoms with Crippen molar-refractivity contribution in [3.8, 4) is 0 Å². The molecular formula is C14H12BrClN2O3. The maximum Gasteiger partial charge on any atom is 0.287 e. The summed E-state index contributed by atoms with van der Waals surface area (Å²) >= 11 is 9.04. The Kier molecular flexibility index (Phi) is 5.41. The lowest BCUT2D eigenvalue weighted by Gasteiger charge is -2.07. The molecule has 2 rings (SSSR count). The standard InChI is InChI=1S/C14H12BrClN2O3/c15-12-6-5-11(21-12)14(20)18-8-7-17-13(19)9-3-1-2-4-10(9)16/h1-6H,7-8H2,(H,17,19)(H,18,20). The van der Waals surface area contributed by atoms with Crippen molar-refractivity contribution >= 4 is 39.3 Å². The van der Waals surface area contributed by atoms with Gasteiger partial charge in [0.15, 0.2) is 10.4 Å². The fraction of sp³-hybridized carbons (Fsp3) is 0.143. The van der Waals surface area contributed by atoms with Gasteiger partial charge in [0.2, 0.25) is 0 Å². The summed E-state index contributed by atoms with van der Waals surface area (Å²) in [4.78, 5) is 23.5. The molecule has 0 radical (unpaired) electrons. The highest BCUT2D eigenvalue weighted by molar-refractivity contribution is 9.10. The molecule has 0 fully saturated rings. The largest absolute Gasteiger partial charge is 0.444 e. The van der Waals surface area contributed by atoms with E-state index in [-0.39, 0.29) is 30.7 Å². The fourth-order valence-electron chi connectivity index (χ4n) is 1.62. The van der Waals surface area contributed by atoms with E-state index in [1.807, 2.05) is 0 Å². The molecule has 0 aliphatic heterocycles. The van der Waals surface area contributed by atoms with E-state index in [0.29, 0.717) is 15.3 Å². The molecule has 0 bridgehead atoms. The predicted molar refractivity (Wildman–Crippen MR) is 82.5 cm³/mol. The van der Waals surface area contributed by atoms with Gasteiger partial charge in [-0.15, -0.1) is 0 Å². The van der Waals surface area contributed by atoms with Crippen LogP contribution in [0.15, 0.2) is 45.5 Å². The van der Waals surface area contributed by atoms with Crippen molar-refractivity contribution in [3.63, 3.8) is 0 Å². The molecule has 1 aromatic carbocycles. The van der Waals surface area contributed by atoms with Crippen LogP contribution in [0.3, 0.4) is 0 Å². The number of hydrogen-bond acceptors (Lipinski definition) is 3. The first kappa shape index (κ1) is 15.6. The Morgan fingerprint density at radius 1 is 1.05 bits per heavy atom. The number of furan rings is 1. The summed E-state index contributed by atoms with van der Waals surface area (Å²) in [5.74, 6) is -0.414. The molecular weight excluding hydrogens is 360 g/mol. The molecule has 110 valence electrons. The molecule has 0 aliphatic rings. The lowest BCUT2D eigenvalue weighted by Crippen LogP contribution is -2.34. The average Bonchev–Trinajstić information content (AvgIpc) is 2.90. The third kappa shape index (κ3) is 4.34. The minimum Gasteiger partial charge on any atom is -0.444 e. The highest BCUT2D eigenvalue weighted by Crippen LogP contribution is 2.14. The van der Waals surface area contributed by atoms with E-state index in [0.717, 1.165) is 0 Å². The van der Waals surface area contributed by atoms with Crippen LogP contribution in [0.1, 0.15) is 20.9 Å². The number of halogens is 2. The number of nitrogens with one attached hydrogen (secondary N) is 2. The summed E-state index contributed by atoms with van der Waals surface area (Å²) in [6, 6.07) is 9.96. The number of carbonyl (C=O) groups excluding carboxylic acids is 2. The third-order valence-corrected chi connectivity index (χ3v) is 3.37. The summed E-state index contributed by atoms with van der Waals surface area (Å²) in [6.45, 7) is 0.574. The second kappa shape index (κ2) is 7.28. The number of hydrogen-bond donors (Lipinski definition) is 2. The van der Waals surface area contributed by atoms with Gasteiger partial charge in [0.05, 0.1) is 10.6 Å². The maximum atomic E-state index is 11.9. The van der Waals surface area contributed by atoms with Gasteiger partial charge in [-0.25, -0.2) is 0 Å². The molecule has 21 heavy (non-hydrogen) atoms. The van der Waals surface area contributed by atoms with Crippen LogP contribution in [-0.4, -0.2) is 24.9 Å². The van der Waals surface area contributed by atoms with E-state index < -0.39 is 0 Å². The minimum absolute atomic E-state index is 0.208. The van der Waals surface area contributed by atoms with Crippen LogP contribution in [-0.2, 0) is 0 Å². The fourth-order valence-corrected chi connectivity index (χ4v) is 2.14. The first-order valence-electron chi connectivity index (χ1n) is 6.14. The first-order chi connectivity index (χ1) is 10.1. The second-order valence-electron chi connectivity index (χ2n) is 4.10. The van der Waals surface area contributed by atoms with Crippen molar-refractivity contribution in [1.82, 2.24) is 10.6 Å². The topological polar surface area (TPSA) is 71.3 Å². The van der Waals surface area contributed by atoms with E-state index in [9.17, 15) is 9.59 Å². The second-order valence-corrected chi connectivity index (χ2v) is 5.28. The van der Waals surface area contributed by atoms with Crippen molar-refractivity contribution in [1.29, 1.82) is 0 Å². The van der Waals surface area contributed by atoms with Gasteiger partial charge in [-0.1, -0.05) is 23.7 Å².